The Morgan fingerprint density at radius 3 is 1.85 bits per heavy atom. The Hall–Kier alpha value is -6.93. The third kappa shape index (κ3) is 18.8. The summed E-state index contributed by atoms with van der Waals surface area (Å²) >= 11 is 0. The predicted octanol–water partition coefficient (Wildman–Crippen LogP) is -5.70. The number of amides is 10. The summed E-state index contributed by atoms with van der Waals surface area (Å²) in [5.74, 6) is -11.3. The second-order valence-corrected chi connectivity index (χ2v) is 16.4. The molecule has 1 aromatic carbocycles. The van der Waals surface area contributed by atoms with Crippen LogP contribution in [-0.4, -0.2) is 160 Å². The minimum Gasteiger partial charge on any atom is -0.508 e. The zero-order valence-electron chi connectivity index (χ0n) is 38.3. The van der Waals surface area contributed by atoms with Gasteiger partial charge < -0.3 is 80.4 Å². The van der Waals surface area contributed by atoms with Crippen LogP contribution in [0, 0.1) is 5.92 Å². The van der Waals surface area contributed by atoms with Crippen LogP contribution in [0.4, 0.5) is 0 Å². The van der Waals surface area contributed by atoms with E-state index in [-0.39, 0.29) is 38.1 Å². The number of phenols is 1. The number of aliphatic hydroxyl groups is 1. The minimum absolute atomic E-state index is 0.0104. The number of phenolic OH excluding ortho intramolecular Hbond substituents is 1. The number of aliphatic hydroxyl groups excluding tert-OH is 1. The van der Waals surface area contributed by atoms with Crippen molar-refractivity contribution in [3.63, 3.8) is 0 Å². The maximum absolute atomic E-state index is 13.9. The molecule has 0 saturated carbocycles. The van der Waals surface area contributed by atoms with Gasteiger partial charge in [-0.2, -0.15) is 0 Å². The molecule has 0 bridgehead atoms. The molecule has 9 atom stereocenters. The summed E-state index contributed by atoms with van der Waals surface area (Å²) in [7, 11) is 0. The number of primary amides is 2. The van der Waals surface area contributed by atoms with Gasteiger partial charge in [-0.05, 0) is 69.2 Å². The number of aliphatic carboxylic acids is 1. The van der Waals surface area contributed by atoms with E-state index in [1.54, 1.807) is 13.8 Å². The lowest BCUT2D eigenvalue weighted by atomic mass is 9.96. The Morgan fingerprint density at radius 2 is 1.29 bits per heavy atom. The van der Waals surface area contributed by atoms with Crippen molar-refractivity contribution in [2.45, 2.75) is 127 Å². The van der Waals surface area contributed by atoms with Crippen LogP contribution in [0.2, 0.25) is 0 Å². The van der Waals surface area contributed by atoms with Crippen molar-refractivity contribution in [3.8, 4) is 5.75 Å². The van der Waals surface area contributed by atoms with Crippen molar-refractivity contribution in [2.24, 2.45) is 28.9 Å². The molecule has 378 valence electrons. The van der Waals surface area contributed by atoms with E-state index in [0.717, 1.165) is 4.90 Å². The van der Waals surface area contributed by atoms with Gasteiger partial charge in [-0.3, -0.25) is 47.9 Å². The number of rotatable bonds is 29. The first-order valence-corrected chi connectivity index (χ1v) is 22.1. The highest BCUT2D eigenvalue weighted by atomic mass is 16.4. The third-order valence-corrected chi connectivity index (χ3v) is 11.0. The lowest BCUT2D eigenvalue weighted by Crippen LogP contribution is -2.61. The molecule has 18 N–H and O–H groups in total. The lowest BCUT2D eigenvalue weighted by Gasteiger charge is -2.29. The molecular formula is C42H66N12O14. The van der Waals surface area contributed by atoms with Crippen LogP contribution >= 0.6 is 0 Å². The summed E-state index contributed by atoms with van der Waals surface area (Å²) in [5.41, 5.74) is 22.3. The second kappa shape index (κ2) is 28.3. The zero-order chi connectivity index (χ0) is 51.2. The van der Waals surface area contributed by atoms with Crippen molar-refractivity contribution < 1.29 is 68.1 Å². The summed E-state index contributed by atoms with van der Waals surface area (Å²) in [6, 6.07) is -5.84. The predicted molar refractivity (Wildman–Crippen MR) is 239 cm³/mol. The highest BCUT2D eigenvalue weighted by molar-refractivity contribution is 5.99. The summed E-state index contributed by atoms with van der Waals surface area (Å²) in [6.07, 6.45) is -0.144. The number of hydrogen-bond donors (Lipinski definition) is 14. The van der Waals surface area contributed by atoms with Crippen molar-refractivity contribution in [1.82, 2.24) is 42.1 Å². The smallest absolute Gasteiger partial charge is 0.326 e. The minimum atomic E-state index is -1.69. The van der Waals surface area contributed by atoms with Gasteiger partial charge in [-0.15, -0.1) is 0 Å². The standard InChI is InChI=1S/C42H66N12O14/c1-4-21(2)34(41(66)51-28(18-32(46)58)39(64)52-29(42(67)68)16-23-10-12-24(56)13-11-23)53-37(62)26(8-5-6-14-43)49-35(60)22(3)48-38(63)27(17-31(45)57)50-40(65)30-9-7-15-54(30)33(59)19-47-36(61)25(44)20-55/h10-13,21-22,25-30,34,55-56H,4-9,14-20,43-44H2,1-3H3,(H2,45,57)(H2,46,58)(H,47,61)(H,48,63)(H,49,60)(H,50,65)(H,51,66)(H,52,64)(H,53,62)(H,67,68)/t21-,22-,25-,26-,27-,28-,29-,30-,34-/m0/s1. The average molecular weight is 963 g/mol. The van der Waals surface area contributed by atoms with Gasteiger partial charge in [-0.25, -0.2) is 4.79 Å². The molecule has 10 amide bonds. The molecule has 1 aliphatic heterocycles. The number of likely N-dealkylation sites (tertiary alicyclic amines) is 1. The van der Waals surface area contributed by atoms with E-state index in [0.29, 0.717) is 31.2 Å². The number of nitrogens with two attached hydrogens (primary N) is 4. The van der Waals surface area contributed by atoms with Crippen molar-refractivity contribution in [2.75, 3.05) is 26.2 Å². The summed E-state index contributed by atoms with van der Waals surface area (Å²) in [4.78, 5) is 144. The summed E-state index contributed by atoms with van der Waals surface area (Å²) in [6.45, 7) is 3.70. The van der Waals surface area contributed by atoms with Crippen LogP contribution in [0.5, 0.6) is 5.75 Å². The number of nitrogens with zero attached hydrogens (tertiary/aromatic N) is 1. The number of nitrogens with one attached hydrogen (secondary N) is 7. The van der Waals surface area contributed by atoms with Crippen molar-refractivity contribution in [3.05, 3.63) is 29.8 Å². The van der Waals surface area contributed by atoms with Gasteiger partial charge in [0.2, 0.25) is 59.1 Å². The van der Waals surface area contributed by atoms with E-state index >= 15 is 0 Å². The Balaban J connectivity index is 2.22. The Kier molecular flexibility index (Phi) is 23.8. The fraction of sp³-hybridized carbons (Fsp3) is 0.595. The van der Waals surface area contributed by atoms with Gasteiger partial charge in [0.15, 0.2) is 0 Å². The van der Waals surface area contributed by atoms with E-state index in [2.05, 4.69) is 37.2 Å². The Bertz CT molecular complexity index is 1970. The van der Waals surface area contributed by atoms with E-state index in [1.807, 2.05) is 0 Å². The van der Waals surface area contributed by atoms with Gasteiger partial charge in [0.1, 0.15) is 54.1 Å². The molecule has 1 saturated heterocycles. The van der Waals surface area contributed by atoms with Crippen LogP contribution in [0.3, 0.4) is 0 Å². The summed E-state index contributed by atoms with van der Waals surface area (Å²) < 4.78 is 0. The first-order chi connectivity index (χ1) is 32.0. The van der Waals surface area contributed by atoms with Gasteiger partial charge in [0.25, 0.3) is 0 Å². The normalized spacial score (nSPS) is 16.7. The molecule has 1 heterocycles. The molecule has 26 nitrogen and oxygen atoms in total. The van der Waals surface area contributed by atoms with E-state index in [4.69, 9.17) is 28.0 Å². The highest BCUT2D eigenvalue weighted by Gasteiger charge is 2.38. The van der Waals surface area contributed by atoms with Crippen LogP contribution in [0.15, 0.2) is 24.3 Å². The maximum Gasteiger partial charge on any atom is 0.326 e. The Morgan fingerprint density at radius 1 is 0.735 bits per heavy atom. The first kappa shape index (κ1) is 57.2. The molecule has 1 aliphatic rings. The van der Waals surface area contributed by atoms with Gasteiger partial charge in [0, 0.05) is 13.0 Å². The van der Waals surface area contributed by atoms with E-state index in [1.165, 1.54) is 31.2 Å². The molecule has 26 heteroatoms. The number of hydrogen-bond acceptors (Lipinski definition) is 15. The zero-order valence-corrected chi connectivity index (χ0v) is 38.3. The number of unbranched alkanes of at least 4 members (excludes halogenated alkanes) is 1. The molecule has 0 spiro atoms. The molecule has 0 aliphatic carbocycles. The maximum atomic E-state index is 13.9. The second-order valence-electron chi connectivity index (χ2n) is 16.4. The van der Waals surface area contributed by atoms with Crippen molar-refractivity contribution >= 4 is 65.0 Å². The van der Waals surface area contributed by atoms with Crippen LogP contribution < -0.4 is 60.2 Å². The van der Waals surface area contributed by atoms with Crippen LogP contribution in [0.25, 0.3) is 0 Å². The van der Waals surface area contributed by atoms with Crippen LogP contribution in [-0.2, 0) is 59.2 Å². The van der Waals surface area contributed by atoms with Crippen molar-refractivity contribution in [1.29, 1.82) is 0 Å². The molecule has 0 aromatic heterocycles. The molecular weight excluding hydrogens is 897 g/mol. The molecule has 0 radical (unpaired) electrons. The fourth-order valence-electron chi connectivity index (χ4n) is 6.90. The quantitative estimate of drug-likeness (QED) is 0.0333. The van der Waals surface area contributed by atoms with Gasteiger partial charge >= 0.3 is 5.97 Å². The third-order valence-electron chi connectivity index (χ3n) is 11.0. The SMILES string of the molecule is CC[C@H](C)[C@H](NC(=O)[C@H](CCCCN)NC(=O)[C@H](C)NC(=O)[C@H](CC(N)=O)NC(=O)[C@@H]1CCCN1C(=O)CNC(=O)[C@@H](N)CO)C(=O)N[C@@H](CC(N)=O)C(=O)N[C@@H](Cc1ccc(O)cc1)C(=O)O. The number of benzene rings is 1. The molecule has 2 rings (SSSR count). The number of carbonyl (C=O) groups excluding carboxylic acids is 10. The largest absolute Gasteiger partial charge is 0.508 e. The lowest BCUT2D eigenvalue weighted by molar-refractivity contribution is -0.142. The van der Waals surface area contributed by atoms with E-state index < -0.39 is 145 Å². The molecule has 1 aromatic rings. The topological polar surface area (TPSA) is 440 Å². The number of aromatic hydroxyl groups is 1. The number of carboxylic acid groups (broad SMARTS) is 1. The van der Waals surface area contributed by atoms with Gasteiger partial charge in [0.05, 0.1) is 26.0 Å². The first-order valence-electron chi connectivity index (χ1n) is 22.1. The number of carboxylic acids is 1. The number of carbonyl (C=O) groups is 11. The fourth-order valence-corrected chi connectivity index (χ4v) is 6.90. The van der Waals surface area contributed by atoms with Gasteiger partial charge in [-0.1, -0.05) is 32.4 Å². The summed E-state index contributed by atoms with van der Waals surface area (Å²) in [5, 5.41) is 45.3. The molecule has 1 fully saturated rings. The average Bonchev–Trinajstić information content (AvgIpc) is 3.79. The monoisotopic (exact) mass is 962 g/mol. The van der Waals surface area contributed by atoms with Crippen LogP contribution in [0.1, 0.15) is 77.7 Å². The molecule has 68 heavy (non-hydrogen) atoms. The molecule has 0 unspecified atom stereocenters. The van der Waals surface area contributed by atoms with E-state index in [9.17, 15) is 63.0 Å². The highest BCUT2D eigenvalue weighted by Crippen LogP contribution is 2.18. The Labute approximate surface area is 392 Å².